The van der Waals surface area contributed by atoms with E-state index in [1.807, 2.05) is 30.3 Å². The van der Waals surface area contributed by atoms with E-state index in [4.69, 9.17) is 10.8 Å². The molecule has 4 N–H and O–H groups in total. The van der Waals surface area contributed by atoms with Crippen molar-refractivity contribution < 1.29 is 14.7 Å². The fourth-order valence-corrected chi connectivity index (χ4v) is 2.35. The van der Waals surface area contributed by atoms with Crippen LogP contribution in [0.3, 0.4) is 0 Å². The fourth-order valence-electron chi connectivity index (χ4n) is 2.10. The third kappa shape index (κ3) is 3.40. The van der Waals surface area contributed by atoms with Gasteiger partial charge >= 0.3 is 5.97 Å². The highest BCUT2D eigenvalue weighted by Gasteiger charge is 2.22. The van der Waals surface area contributed by atoms with Crippen LogP contribution in [0.25, 0.3) is 11.1 Å². The number of nitrogens with one attached hydrogen (secondary N) is 1. The first-order chi connectivity index (χ1) is 10.5. The first-order valence-corrected chi connectivity index (χ1v) is 7.26. The number of anilines is 1. The van der Waals surface area contributed by atoms with Crippen molar-refractivity contribution in [1.29, 1.82) is 0 Å². The molecule has 0 saturated carbocycles. The van der Waals surface area contributed by atoms with Crippen LogP contribution in [0, 0.1) is 0 Å². The van der Waals surface area contributed by atoms with Crippen molar-refractivity contribution in [2.45, 2.75) is 6.04 Å². The van der Waals surface area contributed by atoms with Crippen molar-refractivity contribution in [3.8, 4) is 11.1 Å². The van der Waals surface area contributed by atoms with Crippen LogP contribution in [0.15, 0.2) is 48.5 Å². The van der Waals surface area contributed by atoms with Crippen molar-refractivity contribution in [2.24, 2.45) is 0 Å². The van der Waals surface area contributed by atoms with Crippen LogP contribution in [0.2, 0.25) is 0 Å². The highest BCUT2D eigenvalue weighted by Crippen LogP contribution is 2.27. The standard InChI is InChI=1S/C16H16N2O3S/c17-12-8-4-7-11(10-5-2-1-3-6-10)14(12)15(19)18-13(9-22)16(20)21/h1-8,13,22H,9,17H2,(H,18,19)(H,20,21)/t13-/m0/s1. The van der Waals surface area contributed by atoms with E-state index in [-0.39, 0.29) is 11.3 Å². The van der Waals surface area contributed by atoms with Gasteiger partial charge in [-0.3, -0.25) is 4.79 Å². The number of carboxylic acids is 1. The molecule has 5 nitrogen and oxygen atoms in total. The van der Waals surface area contributed by atoms with E-state index in [1.165, 1.54) is 0 Å². The molecule has 0 saturated heterocycles. The maximum atomic E-state index is 12.4. The topological polar surface area (TPSA) is 92.4 Å². The number of nitrogens with two attached hydrogens (primary N) is 1. The number of thiol groups is 1. The summed E-state index contributed by atoms with van der Waals surface area (Å²) in [6.45, 7) is 0. The second-order valence-corrected chi connectivity index (χ2v) is 5.05. The van der Waals surface area contributed by atoms with Crippen LogP contribution in [0.4, 0.5) is 5.69 Å². The minimum absolute atomic E-state index is 0.00547. The second-order valence-electron chi connectivity index (χ2n) is 4.68. The monoisotopic (exact) mass is 316 g/mol. The number of aliphatic carboxylic acids is 1. The number of carboxylic acid groups (broad SMARTS) is 1. The van der Waals surface area contributed by atoms with Gasteiger partial charge in [-0.1, -0.05) is 42.5 Å². The van der Waals surface area contributed by atoms with E-state index in [0.29, 0.717) is 11.3 Å². The van der Waals surface area contributed by atoms with Gasteiger partial charge in [-0.2, -0.15) is 12.6 Å². The summed E-state index contributed by atoms with van der Waals surface area (Å²) in [6, 6.07) is 13.4. The molecule has 0 fully saturated rings. The summed E-state index contributed by atoms with van der Waals surface area (Å²) in [7, 11) is 0. The molecule has 0 aliphatic carbocycles. The van der Waals surface area contributed by atoms with Gasteiger partial charge in [0, 0.05) is 11.4 Å². The summed E-state index contributed by atoms with van der Waals surface area (Å²) < 4.78 is 0. The fraction of sp³-hybridized carbons (Fsp3) is 0.125. The average molecular weight is 316 g/mol. The van der Waals surface area contributed by atoms with Gasteiger partial charge in [-0.05, 0) is 17.2 Å². The molecule has 0 aliphatic heterocycles. The van der Waals surface area contributed by atoms with Crippen LogP contribution < -0.4 is 11.1 Å². The lowest BCUT2D eigenvalue weighted by atomic mass is 9.97. The van der Waals surface area contributed by atoms with Crippen LogP contribution >= 0.6 is 12.6 Å². The minimum Gasteiger partial charge on any atom is -0.480 e. The first-order valence-electron chi connectivity index (χ1n) is 6.63. The van der Waals surface area contributed by atoms with Gasteiger partial charge in [0.15, 0.2) is 0 Å². The Hall–Kier alpha value is -2.47. The van der Waals surface area contributed by atoms with E-state index in [1.54, 1.807) is 18.2 Å². The number of benzene rings is 2. The summed E-state index contributed by atoms with van der Waals surface area (Å²) in [5.41, 5.74) is 7.97. The number of carbonyl (C=O) groups is 2. The zero-order chi connectivity index (χ0) is 16.1. The molecule has 0 heterocycles. The second kappa shape index (κ2) is 7.00. The van der Waals surface area contributed by atoms with Gasteiger partial charge in [-0.25, -0.2) is 4.79 Å². The van der Waals surface area contributed by atoms with Gasteiger partial charge in [-0.15, -0.1) is 0 Å². The van der Waals surface area contributed by atoms with Crippen LogP contribution in [-0.4, -0.2) is 28.8 Å². The summed E-state index contributed by atoms with van der Waals surface area (Å²) in [5.74, 6) is -1.67. The molecule has 2 aromatic rings. The molecule has 22 heavy (non-hydrogen) atoms. The SMILES string of the molecule is Nc1cccc(-c2ccccc2)c1C(=O)N[C@@H](CS)C(=O)O. The molecule has 0 spiro atoms. The van der Waals surface area contributed by atoms with Crippen LogP contribution in [-0.2, 0) is 4.79 Å². The highest BCUT2D eigenvalue weighted by atomic mass is 32.1. The Labute approximate surface area is 133 Å². The van der Waals surface area contributed by atoms with Gasteiger partial charge in [0.2, 0.25) is 0 Å². The van der Waals surface area contributed by atoms with E-state index in [0.717, 1.165) is 5.56 Å². The summed E-state index contributed by atoms with van der Waals surface area (Å²) in [6.07, 6.45) is 0. The number of nitrogen functional groups attached to an aromatic ring is 1. The van der Waals surface area contributed by atoms with E-state index >= 15 is 0 Å². The van der Waals surface area contributed by atoms with Crippen molar-refractivity contribution >= 4 is 30.2 Å². The number of hydrogen-bond donors (Lipinski definition) is 4. The summed E-state index contributed by atoms with van der Waals surface area (Å²) >= 11 is 3.94. The smallest absolute Gasteiger partial charge is 0.327 e. The molecule has 6 heteroatoms. The molecule has 0 unspecified atom stereocenters. The molecule has 2 aromatic carbocycles. The lowest BCUT2D eigenvalue weighted by Gasteiger charge is -2.16. The van der Waals surface area contributed by atoms with Crippen LogP contribution in [0.1, 0.15) is 10.4 Å². The van der Waals surface area contributed by atoms with Gasteiger partial charge in [0.05, 0.1) is 5.56 Å². The predicted molar refractivity (Wildman–Crippen MR) is 89.0 cm³/mol. The molecule has 0 aliphatic rings. The molecule has 2 rings (SSSR count). The largest absolute Gasteiger partial charge is 0.480 e. The molecular formula is C16H16N2O3S. The molecule has 0 aromatic heterocycles. The normalized spacial score (nSPS) is 11.7. The number of rotatable bonds is 5. The lowest BCUT2D eigenvalue weighted by molar-refractivity contribution is -0.138. The van der Waals surface area contributed by atoms with Gasteiger partial charge in [0.1, 0.15) is 6.04 Å². The third-order valence-electron chi connectivity index (χ3n) is 3.19. The predicted octanol–water partition coefficient (Wildman–Crippen LogP) is 2.05. The molecule has 1 atom stereocenters. The average Bonchev–Trinajstić information content (AvgIpc) is 2.52. The van der Waals surface area contributed by atoms with Crippen LogP contribution in [0.5, 0.6) is 0 Å². The molecule has 1 amide bonds. The Morgan fingerprint density at radius 2 is 1.82 bits per heavy atom. The van der Waals surface area contributed by atoms with E-state index in [2.05, 4.69) is 17.9 Å². The molecule has 114 valence electrons. The minimum atomic E-state index is -1.14. The van der Waals surface area contributed by atoms with E-state index < -0.39 is 17.9 Å². The number of carbonyl (C=O) groups excluding carboxylic acids is 1. The van der Waals surface area contributed by atoms with Gasteiger partial charge < -0.3 is 16.2 Å². The zero-order valence-corrected chi connectivity index (χ0v) is 12.6. The maximum Gasteiger partial charge on any atom is 0.327 e. The highest BCUT2D eigenvalue weighted by molar-refractivity contribution is 7.80. The number of hydrogen-bond acceptors (Lipinski definition) is 4. The quantitative estimate of drug-likeness (QED) is 0.502. The molecule has 0 bridgehead atoms. The van der Waals surface area contributed by atoms with Crippen molar-refractivity contribution in [3.63, 3.8) is 0 Å². The van der Waals surface area contributed by atoms with Gasteiger partial charge in [0.25, 0.3) is 5.91 Å². The Kier molecular flexibility index (Phi) is 5.06. The van der Waals surface area contributed by atoms with E-state index in [9.17, 15) is 9.59 Å². The third-order valence-corrected chi connectivity index (χ3v) is 3.56. The molecular weight excluding hydrogens is 300 g/mol. The van der Waals surface area contributed by atoms with Crippen molar-refractivity contribution in [1.82, 2.24) is 5.32 Å². The lowest BCUT2D eigenvalue weighted by Crippen LogP contribution is -2.42. The summed E-state index contributed by atoms with van der Waals surface area (Å²) in [5, 5.41) is 11.5. The summed E-state index contributed by atoms with van der Waals surface area (Å²) in [4.78, 5) is 23.5. The Morgan fingerprint density at radius 1 is 1.14 bits per heavy atom. The Morgan fingerprint density at radius 3 is 2.41 bits per heavy atom. The van der Waals surface area contributed by atoms with Crippen molar-refractivity contribution in [3.05, 3.63) is 54.1 Å². The molecule has 0 radical (unpaired) electrons. The maximum absolute atomic E-state index is 12.4. The Bertz CT molecular complexity index is 689. The van der Waals surface area contributed by atoms with Crippen molar-refractivity contribution in [2.75, 3.05) is 11.5 Å². The zero-order valence-electron chi connectivity index (χ0n) is 11.7. The first kappa shape index (κ1) is 15.9. The number of amides is 1. The Balaban J connectivity index is 2.42.